The number of imide groups is 1. The van der Waals surface area contributed by atoms with Crippen LogP contribution in [0.2, 0.25) is 10.0 Å². The number of nitrogens with zero attached hydrogens (tertiary/aromatic N) is 1. The molecule has 4 N–H and O–H groups in total. The van der Waals surface area contributed by atoms with Gasteiger partial charge in [0.05, 0.1) is 10.0 Å². The van der Waals surface area contributed by atoms with E-state index in [-0.39, 0.29) is 10.6 Å². The van der Waals surface area contributed by atoms with Crippen LogP contribution in [0.3, 0.4) is 0 Å². The molecular formula is C19H16Cl2N4O4. The maximum Gasteiger partial charge on any atom is 0.325 e. The highest BCUT2D eigenvalue weighted by atomic mass is 35.5. The van der Waals surface area contributed by atoms with Crippen LogP contribution in [0.1, 0.15) is 22.8 Å². The predicted molar refractivity (Wildman–Crippen MR) is 108 cm³/mol. The average Bonchev–Trinajstić information content (AvgIpc) is 2.88. The number of primary amides is 1. The van der Waals surface area contributed by atoms with E-state index in [4.69, 9.17) is 28.9 Å². The van der Waals surface area contributed by atoms with Crippen LogP contribution in [-0.4, -0.2) is 35.2 Å². The summed E-state index contributed by atoms with van der Waals surface area (Å²) in [4.78, 5) is 49.4. The number of nitrogens with one attached hydrogen (secondary N) is 2. The minimum Gasteiger partial charge on any atom is -0.366 e. The van der Waals surface area contributed by atoms with E-state index in [0.717, 1.165) is 4.90 Å². The van der Waals surface area contributed by atoms with Gasteiger partial charge in [0.25, 0.3) is 5.91 Å². The lowest BCUT2D eigenvalue weighted by Gasteiger charge is -2.22. The minimum atomic E-state index is -1.38. The lowest BCUT2D eigenvalue weighted by atomic mass is 9.92. The number of urea groups is 1. The zero-order valence-corrected chi connectivity index (χ0v) is 16.7. The van der Waals surface area contributed by atoms with Gasteiger partial charge in [-0.1, -0.05) is 29.3 Å². The maximum absolute atomic E-state index is 12.9. The van der Waals surface area contributed by atoms with Crippen molar-refractivity contribution >= 4 is 52.6 Å². The molecule has 3 rings (SSSR count). The van der Waals surface area contributed by atoms with Crippen LogP contribution in [-0.2, 0) is 15.1 Å². The molecule has 0 saturated carbocycles. The van der Waals surface area contributed by atoms with Gasteiger partial charge in [0.15, 0.2) is 0 Å². The Morgan fingerprint density at radius 3 is 2.34 bits per heavy atom. The molecule has 5 amide bonds. The number of benzene rings is 2. The van der Waals surface area contributed by atoms with E-state index >= 15 is 0 Å². The Labute approximate surface area is 175 Å². The van der Waals surface area contributed by atoms with Gasteiger partial charge >= 0.3 is 6.03 Å². The van der Waals surface area contributed by atoms with E-state index in [2.05, 4.69) is 10.6 Å². The molecule has 0 unspecified atom stereocenters. The van der Waals surface area contributed by atoms with E-state index in [0.29, 0.717) is 16.3 Å². The van der Waals surface area contributed by atoms with Gasteiger partial charge in [0, 0.05) is 11.3 Å². The fourth-order valence-electron chi connectivity index (χ4n) is 2.91. The smallest absolute Gasteiger partial charge is 0.325 e. The second kappa shape index (κ2) is 7.73. The summed E-state index contributed by atoms with van der Waals surface area (Å²) in [5, 5.41) is 5.70. The molecule has 2 aromatic carbocycles. The molecule has 0 aromatic heterocycles. The number of anilines is 1. The molecule has 0 spiro atoms. The van der Waals surface area contributed by atoms with E-state index in [1.807, 2.05) is 0 Å². The van der Waals surface area contributed by atoms with Crippen LogP contribution in [0.15, 0.2) is 42.5 Å². The van der Waals surface area contributed by atoms with Gasteiger partial charge in [-0.15, -0.1) is 0 Å². The summed E-state index contributed by atoms with van der Waals surface area (Å²) >= 11 is 11.9. The number of carbonyl (C=O) groups excluding carboxylic acids is 4. The van der Waals surface area contributed by atoms with Crippen molar-refractivity contribution in [1.82, 2.24) is 10.2 Å². The monoisotopic (exact) mass is 434 g/mol. The largest absolute Gasteiger partial charge is 0.366 e. The van der Waals surface area contributed by atoms with Crippen LogP contribution in [0, 0.1) is 0 Å². The summed E-state index contributed by atoms with van der Waals surface area (Å²) < 4.78 is 0. The molecular weight excluding hydrogens is 419 g/mol. The first kappa shape index (κ1) is 20.6. The van der Waals surface area contributed by atoms with Crippen LogP contribution < -0.4 is 16.4 Å². The molecule has 1 heterocycles. The number of carbonyl (C=O) groups is 4. The fraction of sp³-hybridized carbons (Fsp3) is 0.158. The second-order valence-electron chi connectivity index (χ2n) is 6.57. The molecule has 1 fully saturated rings. The number of nitrogens with two attached hydrogens (primary N) is 1. The van der Waals surface area contributed by atoms with Crippen molar-refractivity contribution in [2.45, 2.75) is 12.5 Å². The highest BCUT2D eigenvalue weighted by molar-refractivity contribution is 6.42. The number of halogens is 2. The first-order chi connectivity index (χ1) is 13.6. The Morgan fingerprint density at radius 2 is 1.76 bits per heavy atom. The molecule has 10 heteroatoms. The van der Waals surface area contributed by atoms with Crippen molar-refractivity contribution in [3.8, 4) is 0 Å². The molecule has 29 heavy (non-hydrogen) atoms. The fourth-order valence-corrected chi connectivity index (χ4v) is 3.20. The summed E-state index contributed by atoms with van der Waals surface area (Å²) in [7, 11) is 0. The third-order valence-corrected chi connectivity index (χ3v) is 5.27. The van der Waals surface area contributed by atoms with Gasteiger partial charge in [-0.05, 0) is 48.9 Å². The van der Waals surface area contributed by atoms with E-state index < -0.39 is 35.8 Å². The standard InChI is InChI=1S/C19H16Cl2N4O4/c1-19(11-4-7-13(20)14(21)8-11)17(28)25(18(29)24-19)9-15(26)23-12-5-2-10(3-6-12)16(22)27/h2-8H,9H2,1H3,(H2,22,27)(H,23,26)(H,24,29)/t19-/m1/s1. The number of hydrogen-bond donors (Lipinski definition) is 3. The van der Waals surface area contributed by atoms with Crippen molar-refractivity contribution in [2.24, 2.45) is 5.73 Å². The van der Waals surface area contributed by atoms with Gasteiger partial charge in [-0.3, -0.25) is 19.3 Å². The topological polar surface area (TPSA) is 122 Å². The Bertz CT molecular complexity index is 1030. The second-order valence-corrected chi connectivity index (χ2v) is 7.38. The summed E-state index contributed by atoms with van der Waals surface area (Å²) in [6.45, 7) is 1.03. The highest BCUT2D eigenvalue weighted by Gasteiger charge is 2.49. The van der Waals surface area contributed by atoms with E-state index in [1.54, 1.807) is 6.07 Å². The molecule has 8 nitrogen and oxygen atoms in total. The molecule has 1 atom stereocenters. The molecule has 2 aromatic rings. The summed E-state index contributed by atoms with van der Waals surface area (Å²) in [5.41, 5.74) is 4.90. The first-order valence-corrected chi connectivity index (χ1v) is 9.17. The number of amides is 5. The van der Waals surface area contributed by atoms with Gasteiger partial charge in [0.1, 0.15) is 12.1 Å². The van der Waals surface area contributed by atoms with Crippen molar-refractivity contribution in [1.29, 1.82) is 0 Å². The zero-order valence-electron chi connectivity index (χ0n) is 15.2. The molecule has 0 aliphatic carbocycles. The van der Waals surface area contributed by atoms with Gasteiger partial charge in [0.2, 0.25) is 11.8 Å². The lowest BCUT2D eigenvalue weighted by Crippen LogP contribution is -2.42. The Kier molecular flexibility index (Phi) is 5.50. The molecule has 1 saturated heterocycles. The first-order valence-electron chi connectivity index (χ1n) is 8.41. The van der Waals surface area contributed by atoms with Crippen molar-refractivity contribution in [2.75, 3.05) is 11.9 Å². The van der Waals surface area contributed by atoms with Crippen LogP contribution in [0.5, 0.6) is 0 Å². The van der Waals surface area contributed by atoms with Crippen LogP contribution in [0.4, 0.5) is 10.5 Å². The number of rotatable bonds is 5. The van der Waals surface area contributed by atoms with Gasteiger partial charge in [-0.2, -0.15) is 0 Å². The Balaban J connectivity index is 1.73. The van der Waals surface area contributed by atoms with E-state index in [9.17, 15) is 19.2 Å². The highest BCUT2D eigenvalue weighted by Crippen LogP contribution is 2.32. The maximum atomic E-state index is 12.9. The molecule has 150 valence electrons. The Morgan fingerprint density at radius 1 is 1.10 bits per heavy atom. The quantitative estimate of drug-likeness (QED) is 0.625. The number of hydrogen-bond acceptors (Lipinski definition) is 4. The molecule has 0 bridgehead atoms. The third-order valence-electron chi connectivity index (χ3n) is 4.53. The normalized spacial score (nSPS) is 18.5. The molecule has 1 aliphatic rings. The van der Waals surface area contributed by atoms with Gasteiger partial charge in [-0.25, -0.2) is 4.79 Å². The SMILES string of the molecule is C[C@]1(c2ccc(Cl)c(Cl)c2)NC(=O)N(CC(=O)Nc2ccc(C(N)=O)cc2)C1=O. The zero-order chi connectivity index (χ0) is 21.3. The minimum absolute atomic E-state index is 0.239. The molecule has 1 aliphatic heterocycles. The van der Waals surface area contributed by atoms with Crippen LogP contribution >= 0.6 is 23.2 Å². The summed E-state index contributed by atoms with van der Waals surface area (Å²) in [5.74, 6) is -1.78. The van der Waals surface area contributed by atoms with Crippen molar-refractivity contribution < 1.29 is 19.2 Å². The van der Waals surface area contributed by atoms with Gasteiger partial charge < -0.3 is 16.4 Å². The average molecular weight is 435 g/mol. The predicted octanol–water partition coefficient (Wildman–Crippen LogP) is 2.50. The van der Waals surface area contributed by atoms with Crippen molar-refractivity contribution in [3.05, 3.63) is 63.6 Å². The summed E-state index contributed by atoms with van der Waals surface area (Å²) in [6, 6.07) is 9.77. The van der Waals surface area contributed by atoms with E-state index in [1.165, 1.54) is 43.3 Å². The Hall–Kier alpha value is -3.10. The third kappa shape index (κ3) is 4.03. The molecule has 0 radical (unpaired) electrons. The summed E-state index contributed by atoms with van der Waals surface area (Å²) in [6.07, 6.45) is 0. The van der Waals surface area contributed by atoms with Crippen LogP contribution in [0.25, 0.3) is 0 Å². The lowest BCUT2D eigenvalue weighted by molar-refractivity contribution is -0.133. The van der Waals surface area contributed by atoms with Crippen molar-refractivity contribution in [3.63, 3.8) is 0 Å².